The molecule has 10 nitrogen and oxygen atoms in total. The van der Waals surface area contributed by atoms with Crippen molar-refractivity contribution < 1.29 is 23.4 Å². The minimum atomic E-state index is -2.29. The number of ether oxygens (including phenoxy) is 3. The predicted molar refractivity (Wildman–Crippen MR) is 203 cm³/mol. The molecule has 4 atom stereocenters. The number of methoxy groups -OCH3 is 2. The van der Waals surface area contributed by atoms with E-state index in [2.05, 4.69) is 93.9 Å². The van der Waals surface area contributed by atoms with Crippen molar-refractivity contribution in [3.63, 3.8) is 0 Å². The largest absolute Gasteiger partial charge is 0.493 e. The van der Waals surface area contributed by atoms with Crippen molar-refractivity contribution in [3.05, 3.63) is 34.2 Å². The van der Waals surface area contributed by atoms with Crippen LogP contribution in [0.1, 0.15) is 92.6 Å². The Morgan fingerprint density at radius 3 is 2.29 bits per heavy atom. The second-order valence-electron chi connectivity index (χ2n) is 16.1. The fourth-order valence-corrected chi connectivity index (χ4v) is 7.68. The molecule has 11 heteroatoms. The number of piperidine rings is 1. The lowest BCUT2D eigenvalue weighted by atomic mass is 9.80. The fraction of sp³-hybridized carbons (Fsp3) is 0.816. The highest BCUT2D eigenvalue weighted by Crippen LogP contribution is 2.40. The number of carbonyl (C=O) groups excluding carboxylic acids is 1. The first-order chi connectivity index (χ1) is 23.1. The molecule has 1 saturated heterocycles. The van der Waals surface area contributed by atoms with E-state index in [0.717, 1.165) is 43.8 Å². The zero-order chi connectivity index (χ0) is 36.6. The molecule has 1 aromatic rings. The Balaban J connectivity index is 2.35. The number of benzene rings is 1. The van der Waals surface area contributed by atoms with Crippen molar-refractivity contribution in [3.8, 4) is 11.5 Å². The summed E-state index contributed by atoms with van der Waals surface area (Å²) in [6.45, 7) is 24.7. The average Bonchev–Trinajstić information content (AvgIpc) is 3.04. The molecule has 0 unspecified atom stereocenters. The normalized spacial score (nSPS) is 16.9. The fourth-order valence-electron chi connectivity index (χ4n) is 6.31. The van der Waals surface area contributed by atoms with Crippen LogP contribution in [0.15, 0.2) is 23.3 Å². The lowest BCUT2D eigenvalue weighted by Gasteiger charge is -2.42. The van der Waals surface area contributed by atoms with Crippen molar-refractivity contribution in [1.29, 1.82) is 0 Å². The molecule has 0 aliphatic carbocycles. The minimum absolute atomic E-state index is 0.0453. The van der Waals surface area contributed by atoms with Crippen molar-refractivity contribution in [2.24, 2.45) is 28.8 Å². The van der Waals surface area contributed by atoms with Crippen LogP contribution in [0.4, 0.5) is 0 Å². The third-order valence-electron chi connectivity index (χ3n) is 10.6. The van der Waals surface area contributed by atoms with E-state index in [9.17, 15) is 10.3 Å². The highest BCUT2D eigenvalue weighted by Gasteiger charge is 2.42. The van der Waals surface area contributed by atoms with Gasteiger partial charge in [0.2, 0.25) is 5.91 Å². The van der Waals surface area contributed by atoms with Crippen LogP contribution in [0.5, 0.6) is 11.5 Å². The van der Waals surface area contributed by atoms with Crippen LogP contribution in [-0.4, -0.2) is 84.9 Å². The summed E-state index contributed by atoms with van der Waals surface area (Å²) in [6.07, 6.45) is 6.11. The average molecular weight is 704 g/mol. The topological polar surface area (TPSA) is 118 Å². The maximum Gasteiger partial charge on any atom is 0.223 e. The molecule has 1 aromatic carbocycles. The van der Waals surface area contributed by atoms with Crippen LogP contribution in [0.3, 0.4) is 0 Å². The van der Waals surface area contributed by atoms with E-state index < -0.39 is 14.4 Å². The number of carbonyl (C=O) groups is 1. The zero-order valence-electron chi connectivity index (χ0n) is 32.7. The van der Waals surface area contributed by atoms with Gasteiger partial charge in [-0.05, 0) is 104 Å². The monoisotopic (exact) mass is 704 g/mol. The Kier molecular flexibility index (Phi) is 18.5. The number of rotatable bonds is 22. The van der Waals surface area contributed by atoms with Crippen molar-refractivity contribution in [2.45, 2.75) is 124 Å². The summed E-state index contributed by atoms with van der Waals surface area (Å²) in [6, 6.07) is 5.70. The maximum atomic E-state index is 13.8. The second-order valence-corrected chi connectivity index (χ2v) is 20.8. The van der Waals surface area contributed by atoms with Gasteiger partial charge in [0.1, 0.15) is 0 Å². The summed E-state index contributed by atoms with van der Waals surface area (Å²) in [7, 11) is 1.05. The summed E-state index contributed by atoms with van der Waals surface area (Å²) in [5.74, 6) is 1.84. The van der Waals surface area contributed by atoms with E-state index in [1.165, 1.54) is 19.3 Å². The summed E-state index contributed by atoms with van der Waals surface area (Å²) in [5, 5.41) is 7.64. The van der Waals surface area contributed by atoms with E-state index in [-0.39, 0.29) is 34.8 Å². The lowest BCUT2D eigenvalue weighted by molar-refractivity contribution is -0.127. The summed E-state index contributed by atoms with van der Waals surface area (Å²) < 4.78 is 24.0. The second kappa shape index (κ2) is 21.2. The molecule has 0 aromatic heterocycles. The maximum absolute atomic E-state index is 13.8. The van der Waals surface area contributed by atoms with Gasteiger partial charge in [-0.1, -0.05) is 66.1 Å². The molecule has 1 N–H and O–H groups in total. The summed E-state index contributed by atoms with van der Waals surface area (Å²) in [4.78, 5) is 19.6. The number of hydrogen-bond donors (Lipinski definition) is 1. The van der Waals surface area contributed by atoms with Gasteiger partial charge in [-0.15, -0.1) is 0 Å². The van der Waals surface area contributed by atoms with Crippen LogP contribution in [0.2, 0.25) is 18.1 Å². The van der Waals surface area contributed by atoms with Gasteiger partial charge in [-0.25, -0.2) is 0 Å². The van der Waals surface area contributed by atoms with Crippen molar-refractivity contribution in [2.75, 3.05) is 53.6 Å². The number of nitrogens with zero attached hydrogens (tertiary/aromatic N) is 4. The molecular weight excluding hydrogens is 635 g/mol. The number of nitrogens with one attached hydrogen (secondary N) is 1. The SMILES string of the molecule is COCCCOc1cc(C[C@@H](C[C@H](N=[N+]=[N-])[C@H](C[C@H](C(=O)NCCN2CCCCC2)C(C)C)O[Si](C)(C)C(C)(C)C)C(C)C)ccc1OC. The van der Waals surface area contributed by atoms with Gasteiger partial charge in [0.15, 0.2) is 19.8 Å². The van der Waals surface area contributed by atoms with Gasteiger partial charge in [0.05, 0.1) is 25.9 Å². The summed E-state index contributed by atoms with van der Waals surface area (Å²) in [5.41, 5.74) is 11.0. The molecule has 0 bridgehead atoms. The molecule has 0 radical (unpaired) electrons. The lowest BCUT2D eigenvalue weighted by Crippen LogP contribution is -2.49. The molecule has 1 aliphatic heterocycles. The molecule has 1 aliphatic rings. The molecule has 280 valence electrons. The number of likely N-dealkylation sites (tertiary alicyclic amines) is 1. The Morgan fingerprint density at radius 2 is 1.71 bits per heavy atom. The van der Waals surface area contributed by atoms with E-state index >= 15 is 0 Å². The van der Waals surface area contributed by atoms with Crippen LogP contribution in [-0.2, 0) is 20.4 Å². The minimum Gasteiger partial charge on any atom is -0.493 e. The zero-order valence-corrected chi connectivity index (χ0v) is 33.7. The van der Waals surface area contributed by atoms with E-state index in [0.29, 0.717) is 44.3 Å². The van der Waals surface area contributed by atoms with E-state index in [1.54, 1.807) is 14.2 Å². The smallest absolute Gasteiger partial charge is 0.223 e. The van der Waals surface area contributed by atoms with Gasteiger partial charge in [-0.2, -0.15) is 0 Å². The molecular formula is C38H69N5O5Si. The first-order valence-corrected chi connectivity index (χ1v) is 21.5. The number of amides is 1. The molecule has 2 rings (SSSR count). The highest BCUT2D eigenvalue weighted by atomic mass is 28.4. The third kappa shape index (κ3) is 14.5. The van der Waals surface area contributed by atoms with Crippen LogP contribution in [0.25, 0.3) is 10.4 Å². The molecule has 0 saturated carbocycles. The van der Waals surface area contributed by atoms with Crippen LogP contribution < -0.4 is 14.8 Å². The molecule has 1 fully saturated rings. The predicted octanol–water partition coefficient (Wildman–Crippen LogP) is 8.65. The summed E-state index contributed by atoms with van der Waals surface area (Å²) >= 11 is 0. The molecule has 1 amide bonds. The Hall–Kier alpha value is -2.30. The van der Waals surface area contributed by atoms with E-state index in [1.807, 2.05) is 6.07 Å². The quantitative estimate of drug-likeness (QED) is 0.0425. The van der Waals surface area contributed by atoms with Gasteiger partial charge in [0, 0.05) is 44.1 Å². The Morgan fingerprint density at radius 1 is 1.02 bits per heavy atom. The van der Waals surface area contributed by atoms with Gasteiger partial charge in [0.25, 0.3) is 0 Å². The van der Waals surface area contributed by atoms with Gasteiger partial charge in [-0.3, -0.25) is 4.79 Å². The highest BCUT2D eigenvalue weighted by molar-refractivity contribution is 6.74. The van der Waals surface area contributed by atoms with Gasteiger partial charge >= 0.3 is 0 Å². The molecule has 0 spiro atoms. The van der Waals surface area contributed by atoms with Crippen LogP contribution in [0, 0.1) is 23.7 Å². The Bertz CT molecular complexity index is 1160. The van der Waals surface area contributed by atoms with Crippen LogP contribution >= 0.6 is 0 Å². The standard InChI is InChI=1S/C38H69N5O5Si/c1-28(2)31(24-30-16-17-34(46-9)36(25-30)47-23-15-22-45-8)26-33(41-42-39)35(48-49(10,11)38(5,6)7)27-32(29(3)4)37(44)40-18-21-43-19-13-12-14-20-43/h16-17,25,28-29,31-33,35H,12-15,18-24,26-27H2,1-11H3,(H,40,44)/t31-,32-,33-,35-/m0/s1. The first kappa shape index (κ1) is 42.9. The Labute approximate surface area is 299 Å². The van der Waals surface area contributed by atoms with Crippen molar-refractivity contribution >= 4 is 14.2 Å². The third-order valence-corrected chi connectivity index (χ3v) is 15.2. The molecule has 49 heavy (non-hydrogen) atoms. The molecule has 1 heterocycles. The van der Waals surface area contributed by atoms with E-state index in [4.69, 9.17) is 18.6 Å². The first-order valence-electron chi connectivity index (χ1n) is 18.6. The number of hydrogen-bond acceptors (Lipinski definition) is 7. The van der Waals surface area contributed by atoms with Gasteiger partial charge < -0.3 is 28.9 Å². The number of azide groups is 1. The van der Waals surface area contributed by atoms with Crippen molar-refractivity contribution in [1.82, 2.24) is 10.2 Å².